The van der Waals surface area contributed by atoms with Crippen molar-refractivity contribution < 1.29 is 24.5 Å². The Morgan fingerprint density at radius 3 is 2.49 bits per heavy atom. The van der Waals surface area contributed by atoms with Crippen molar-refractivity contribution in [2.45, 2.75) is 104 Å². The third kappa shape index (κ3) is 4.47. The van der Waals surface area contributed by atoms with E-state index in [9.17, 15) is 19.8 Å². The van der Waals surface area contributed by atoms with Crippen LogP contribution in [0.4, 0.5) is 0 Å². The molecule has 0 aromatic heterocycles. The topological polar surface area (TPSA) is 95.9 Å². The van der Waals surface area contributed by atoms with E-state index in [1.807, 2.05) is 0 Å². The number of methoxy groups -OCH3 is 1. The van der Waals surface area contributed by atoms with Gasteiger partial charge in [-0.05, 0) is 105 Å². The fraction of sp³-hybridized carbons (Fsp3) is 0.862. The van der Waals surface area contributed by atoms with Crippen LogP contribution in [0.5, 0.6) is 0 Å². The second-order valence-electron chi connectivity index (χ2n) is 12.9. The van der Waals surface area contributed by atoms with Gasteiger partial charge in [0, 0.05) is 18.0 Å². The first-order chi connectivity index (χ1) is 16.4. The van der Waals surface area contributed by atoms with Crippen LogP contribution in [0, 0.1) is 46.3 Å². The third-order valence-electron chi connectivity index (χ3n) is 11.3. The molecule has 4 fully saturated rings. The molecule has 6 heteroatoms. The van der Waals surface area contributed by atoms with Crippen LogP contribution in [0.3, 0.4) is 0 Å². The molecule has 4 aliphatic carbocycles. The Balaban J connectivity index is 1.52. The van der Waals surface area contributed by atoms with Crippen molar-refractivity contribution >= 4 is 11.9 Å². The minimum absolute atomic E-state index is 0.0741. The average Bonchev–Trinajstić information content (AvgIpc) is 3.17. The number of fused-ring (bicyclic) bond motifs is 5. The number of ether oxygens (including phenoxy) is 1. The van der Waals surface area contributed by atoms with Crippen LogP contribution in [0.15, 0.2) is 12.2 Å². The van der Waals surface area contributed by atoms with Crippen molar-refractivity contribution in [3.05, 3.63) is 12.2 Å². The number of aliphatic hydroxyl groups excluding tert-OH is 2. The molecule has 1 amide bonds. The van der Waals surface area contributed by atoms with Gasteiger partial charge in [-0.2, -0.15) is 0 Å². The molecule has 35 heavy (non-hydrogen) atoms. The van der Waals surface area contributed by atoms with Crippen molar-refractivity contribution in [2.75, 3.05) is 7.11 Å². The summed E-state index contributed by atoms with van der Waals surface area (Å²) in [5.41, 5.74) is 0.382. The summed E-state index contributed by atoms with van der Waals surface area (Å²) in [6.45, 7) is 12.4. The highest BCUT2D eigenvalue weighted by atomic mass is 16.5. The maximum atomic E-state index is 12.2. The Kier molecular flexibility index (Phi) is 7.47. The van der Waals surface area contributed by atoms with Crippen LogP contribution in [-0.4, -0.2) is 47.4 Å². The Hall–Kier alpha value is -1.40. The molecule has 0 aliphatic heterocycles. The van der Waals surface area contributed by atoms with Gasteiger partial charge in [0.2, 0.25) is 5.91 Å². The van der Waals surface area contributed by atoms with E-state index in [1.54, 1.807) is 6.92 Å². The van der Waals surface area contributed by atoms with Crippen LogP contribution in [0.1, 0.15) is 85.5 Å². The van der Waals surface area contributed by atoms with E-state index >= 15 is 0 Å². The molecule has 0 radical (unpaired) electrons. The lowest BCUT2D eigenvalue weighted by atomic mass is 9.43. The van der Waals surface area contributed by atoms with Crippen LogP contribution in [0.2, 0.25) is 0 Å². The number of rotatable bonds is 6. The maximum absolute atomic E-state index is 12.2. The van der Waals surface area contributed by atoms with Crippen molar-refractivity contribution in [3.63, 3.8) is 0 Å². The average molecular weight is 490 g/mol. The zero-order valence-electron chi connectivity index (χ0n) is 22.4. The number of hydrogen-bond acceptors (Lipinski definition) is 5. The molecule has 4 saturated carbocycles. The van der Waals surface area contributed by atoms with E-state index in [0.717, 1.165) is 51.4 Å². The molecular weight excluding hydrogens is 442 g/mol. The minimum Gasteiger partial charge on any atom is -0.469 e. The summed E-state index contributed by atoms with van der Waals surface area (Å²) in [4.78, 5) is 24.0. The number of carbonyl (C=O) groups excluding carboxylic acids is 2. The first-order valence-electron chi connectivity index (χ1n) is 13.8. The normalized spacial score (nSPS) is 45.5. The molecule has 0 saturated heterocycles. The summed E-state index contributed by atoms with van der Waals surface area (Å²) < 4.78 is 4.85. The lowest BCUT2D eigenvalue weighted by Crippen LogP contribution is -2.63. The van der Waals surface area contributed by atoms with Gasteiger partial charge in [0.15, 0.2) is 0 Å². The standard InChI is InChI=1S/C29H47NO5/c1-16(2)27(34)30-19-11-12-28(4)18(13-19)14-23(31)26-21-9-8-20(17(3)7-10-25(33)35-6)29(21,5)24(32)15-22(26)28/h17-24,26,31-32H,1,7-15H2,2-6H3,(H,30,34)/t17-,18+,19+,20-,21+,22+,23-,24+,26+,28+,29-/m1/s1. The Bertz CT molecular complexity index is 843. The smallest absolute Gasteiger partial charge is 0.305 e. The van der Waals surface area contributed by atoms with Gasteiger partial charge in [-0.25, -0.2) is 0 Å². The van der Waals surface area contributed by atoms with Gasteiger partial charge in [-0.3, -0.25) is 9.59 Å². The van der Waals surface area contributed by atoms with Crippen molar-refractivity contribution in [2.24, 2.45) is 46.3 Å². The number of carbonyl (C=O) groups is 2. The van der Waals surface area contributed by atoms with E-state index in [2.05, 4.69) is 32.7 Å². The molecule has 4 rings (SSSR count). The van der Waals surface area contributed by atoms with Crippen LogP contribution in [-0.2, 0) is 14.3 Å². The zero-order chi connectivity index (χ0) is 25.7. The molecule has 0 bridgehead atoms. The number of hydrogen-bond donors (Lipinski definition) is 3. The highest BCUT2D eigenvalue weighted by Crippen LogP contribution is 2.68. The third-order valence-corrected chi connectivity index (χ3v) is 11.3. The van der Waals surface area contributed by atoms with E-state index in [0.29, 0.717) is 41.6 Å². The molecule has 3 N–H and O–H groups in total. The molecular formula is C29H47NO5. The van der Waals surface area contributed by atoms with Crippen LogP contribution in [0.25, 0.3) is 0 Å². The molecule has 0 spiro atoms. The predicted octanol–water partition coefficient (Wildman–Crippen LogP) is 4.24. The van der Waals surface area contributed by atoms with Crippen molar-refractivity contribution in [3.8, 4) is 0 Å². The van der Waals surface area contributed by atoms with Crippen LogP contribution < -0.4 is 5.32 Å². The molecule has 0 aromatic rings. The van der Waals surface area contributed by atoms with E-state index in [-0.39, 0.29) is 40.8 Å². The van der Waals surface area contributed by atoms with Gasteiger partial charge < -0.3 is 20.3 Å². The number of aliphatic hydroxyl groups is 2. The highest BCUT2D eigenvalue weighted by Gasteiger charge is 2.65. The minimum atomic E-state index is -0.398. The van der Waals surface area contributed by atoms with Gasteiger partial charge >= 0.3 is 5.97 Å². The fourth-order valence-electron chi connectivity index (χ4n) is 9.24. The zero-order valence-corrected chi connectivity index (χ0v) is 22.4. The van der Waals surface area contributed by atoms with Gasteiger partial charge in [-0.1, -0.05) is 27.4 Å². The Labute approximate surface area is 211 Å². The fourth-order valence-corrected chi connectivity index (χ4v) is 9.24. The van der Waals surface area contributed by atoms with E-state index < -0.39 is 6.10 Å². The summed E-state index contributed by atoms with van der Waals surface area (Å²) in [5.74, 6) is 1.58. The second kappa shape index (κ2) is 9.81. The van der Waals surface area contributed by atoms with Gasteiger partial charge in [0.25, 0.3) is 0 Å². The monoisotopic (exact) mass is 489 g/mol. The summed E-state index contributed by atoms with van der Waals surface area (Å²) in [5, 5.41) is 26.4. The van der Waals surface area contributed by atoms with Crippen molar-refractivity contribution in [1.29, 1.82) is 0 Å². The quantitative estimate of drug-likeness (QED) is 0.383. The molecule has 198 valence electrons. The largest absolute Gasteiger partial charge is 0.469 e. The lowest BCUT2D eigenvalue weighted by molar-refractivity contribution is -0.202. The summed E-state index contributed by atoms with van der Waals surface area (Å²) >= 11 is 0. The van der Waals surface area contributed by atoms with Gasteiger partial charge in [0.1, 0.15) is 0 Å². The maximum Gasteiger partial charge on any atom is 0.305 e. The molecule has 11 atom stereocenters. The molecule has 6 nitrogen and oxygen atoms in total. The second-order valence-corrected chi connectivity index (χ2v) is 12.9. The Morgan fingerprint density at radius 1 is 1.11 bits per heavy atom. The Morgan fingerprint density at radius 2 is 1.83 bits per heavy atom. The summed E-state index contributed by atoms with van der Waals surface area (Å²) in [7, 11) is 1.44. The molecule has 0 unspecified atom stereocenters. The predicted molar refractivity (Wildman–Crippen MR) is 135 cm³/mol. The molecule has 4 aliphatic rings. The highest BCUT2D eigenvalue weighted by molar-refractivity contribution is 5.92. The van der Waals surface area contributed by atoms with Crippen molar-refractivity contribution in [1.82, 2.24) is 5.32 Å². The first-order valence-corrected chi connectivity index (χ1v) is 13.8. The molecule has 0 aromatic carbocycles. The van der Waals surface area contributed by atoms with Gasteiger partial charge in [-0.15, -0.1) is 0 Å². The number of nitrogens with one attached hydrogen (secondary N) is 1. The first kappa shape index (κ1) is 26.7. The number of amides is 1. The van der Waals surface area contributed by atoms with E-state index in [1.165, 1.54) is 7.11 Å². The van der Waals surface area contributed by atoms with Gasteiger partial charge in [0.05, 0.1) is 19.3 Å². The van der Waals surface area contributed by atoms with Crippen LogP contribution >= 0.6 is 0 Å². The lowest BCUT2D eigenvalue weighted by Gasteiger charge is -2.63. The SMILES string of the molecule is C=C(C)C(=O)N[C@H]1CC[C@@]2(C)[C@@H](C1)C[C@@H](O)[C@@H]1[C@@H]2C[C@H](O)[C@]2(C)[C@@H]([C@H](C)CCC(=O)OC)CC[C@@H]12. The molecule has 0 heterocycles. The summed E-state index contributed by atoms with van der Waals surface area (Å²) in [6, 6.07) is 0.131. The summed E-state index contributed by atoms with van der Waals surface area (Å²) in [6.07, 6.45) is 6.89. The van der Waals surface area contributed by atoms with E-state index in [4.69, 9.17) is 4.74 Å². The number of esters is 1.